The Morgan fingerprint density at radius 1 is 1.40 bits per heavy atom. The maximum Gasteiger partial charge on any atom is 0.257 e. The molecule has 3 rings (SSSR count). The molecule has 0 saturated carbocycles. The average molecular weight is 277 g/mol. The Morgan fingerprint density at radius 3 is 2.65 bits per heavy atom. The van der Waals surface area contributed by atoms with Crippen molar-refractivity contribution in [1.82, 2.24) is 14.7 Å². The van der Waals surface area contributed by atoms with Gasteiger partial charge in [-0.1, -0.05) is 6.92 Å². The lowest BCUT2D eigenvalue weighted by Crippen LogP contribution is -2.53. The molecule has 1 aromatic rings. The van der Waals surface area contributed by atoms with Crippen LogP contribution in [0.5, 0.6) is 0 Å². The number of hydrogen-bond acceptors (Lipinski definition) is 3. The van der Waals surface area contributed by atoms with E-state index >= 15 is 0 Å². The third kappa shape index (κ3) is 2.24. The number of aryl methyl sites for hydroxylation is 1. The zero-order valence-electron chi connectivity index (χ0n) is 12.4. The van der Waals surface area contributed by atoms with Crippen LogP contribution < -0.4 is 0 Å². The van der Waals surface area contributed by atoms with Crippen LogP contribution in [0.1, 0.15) is 48.7 Å². The molecule has 3 heterocycles. The van der Waals surface area contributed by atoms with Gasteiger partial charge in [-0.15, -0.1) is 0 Å². The predicted molar refractivity (Wildman–Crippen MR) is 75.7 cm³/mol. The van der Waals surface area contributed by atoms with Crippen molar-refractivity contribution in [2.45, 2.75) is 51.7 Å². The monoisotopic (exact) mass is 277 g/mol. The number of rotatable bonds is 3. The number of ether oxygens (including phenoxy) is 1. The van der Waals surface area contributed by atoms with Gasteiger partial charge >= 0.3 is 0 Å². The first-order valence-electron chi connectivity index (χ1n) is 7.61. The lowest BCUT2D eigenvalue weighted by Gasteiger charge is -2.47. The first kappa shape index (κ1) is 13.6. The van der Waals surface area contributed by atoms with Crippen molar-refractivity contribution in [3.8, 4) is 0 Å². The van der Waals surface area contributed by atoms with Gasteiger partial charge in [0.1, 0.15) is 0 Å². The fraction of sp³-hybridized carbons (Fsp3) is 0.733. The zero-order chi connectivity index (χ0) is 14.2. The molecule has 5 nitrogen and oxygen atoms in total. The minimum atomic E-state index is 0.0955. The largest absolute Gasteiger partial charge is 0.375 e. The maximum absolute atomic E-state index is 12.6. The van der Waals surface area contributed by atoms with Crippen LogP contribution in [0, 0.1) is 6.92 Å². The molecule has 0 atom stereocenters. The molecule has 2 aliphatic heterocycles. The lowest BCUT2D eigenvalue weighted by atomic mass is 9.84. The quantitative estimate of drug-likeness (QED) is 0.849. The number of piperidine rings is 1. The molecule has 1 amide bonds. The van der Waals surface area contributed by atoms with Crippen LogP contribution in [0.25, 0.3) is 0 Å². The highest BCUT2D eigenvalue weighted by Crippen LogP contribution is 2.37. The van der Waals surface area contributed by atoms with Crippen LogP contribution in [0.2, 0.25) is 0 Å². The summed E-state index contributed by atoms with van der Waals surface area (Å²) in [4.78, 5) is 14.5. The summed E-state index contributed by atoms with van der Waals surface area (Å²) in [6, 6.07) is 0. The predicted octanol–water partition coefficient (Wildman–Crippen LogP) is 2.00. The van der Waals surface area contributed by atoms with Crippen LogP contribution >= 0.6 is 0 Å². The van der Waals surface area contributed by atoms with Crippen molar-refractivity contribution in [2.24, 2.45) is 0 Å². The lowest BCUT2D eigenvalue weighted by molar-refractivity contribution is -0.169. The topological polar surface area (TPSA) is 47.4 Å². The minimum Gasteiger partial charge on any atom is -0.375 e. The Balaban J connectivity index is 1.67. The third-order valence-electron chi connectivity index (χ3n) is 4.70. The van der Waals surface area contributed by atoms with Crippen LogP contribution in [-0.4, -0.2) is 45.9 Å². The van der Waals surface area contributed by atoms with Crippen molar-refractivity contribution in [3.05, 3.63) is 17.5 Å². The molecular weight excluding hydrogens is 254 g/mol. The average Bonchev–Trinajstić information content (AvgIpc) is 2.79. The van der Waals surface area contributed by atoms with Crippen LogP contribution in [0.3, 0.4) is 0 Å². The highest BCUT2D eigenvalue weighted by atomic mass is 16.5. The fourth-order valence-electron chi connectivity index (χ4n) is 3.17. The molecule has 0 bridgehead atoms. The molecule has 2 saturated heterocycles. The number of hydrogen-bond donors (Lipinski definition) is 0. The number of aromatic nitrogens is 2. The Kier molecular flexibility index (Phi) is 3.54. The van der Waals surface area contributed by atoms with E-state index in [1.165, 1.54) is 0 Å². The molecule has 2 fully saturated rings. The van der Waals surface area contributed by atoms with Gasteiger partial charge in [0.05, 0.1) is 24.0 Å². The summed E-state index contributed by atoms with van der Waals surface area (Å²) < 4.78 is 7.62. The Hall–Kier alpha value is -1.36. The minimum absolute atomic E-state index is 0.0955. The molecule has 20 heavy (non-hydrogen) atoms. The van der Waals surface area contributed by atoms with Gasteiger partial charge in [-0.25, -0.2) is 0 Å². The molecule has 0 aromatic carbocycles. The molecule has 1 aromatic heterocycles. The van der Waals surface area contributed by atoms with Gasteiger partial charge in [0.25, 0.3) is 5.91 Å². The molecule has 2 aliphatic rings. The van der Waals surface area contributed by atoms with E-state index in [9.17, 15) is 4.79 Å². The smallest absolute Gasteiger partial charge is 0.257 e. The number of amides is 1. The highest BCUT2D eigenvalue weighted by molar-refractivity contribution is 5.95. The van der Waals surface area contributed by atoms with E-state index in [0.29, 0.717) is 0 Å². The molecule has 1 spiro atoms. The summed E-state index contributed by atoms with van der Waals surface area (Å²) in [6.07, 6.45) is 5.85. The van der Waals surface area contributed by atoms with Gasteiger partial charge in [-0.2, -0.15) is 5.10 Å². The molecule has 5 heteroatoms. The van der Waals surface area contributed by atoms with Gasteiger partial charge in [-0.3, -0.25) is 9.48 Å². The van der Waals surface area contributed by atoms with Crippen molar-refractivity contribution >= 4 is 5.91 Å². The second-order valence-corrected chi connectivity index (χ2v) is 5.94. The normalized spacial score (nSPS) is 21.0. The third-order valence-corrected chi connectivity index (χ3v) is 4.70. The summed E-state index contributed by atoms with van der Waals surface area (Å²) in [5.74, 6) is 0.124. The van der Waals surface area contributed by atoms with Crippen molar-refractivity contribution in [3.63, 3.8) is 0 Å². The Morgan fingerprint density at radius 2 is 2.10 bits per heavy atom. The van der Waals surface area contributed by atoms with Gasteiger partial charge in [0, 0.05) is 25.3 Å². The molecular formula is C15H23N3O2. The summed E-state index contributed by atoms with van der Waals surface area (Å²) in [5, 5.41) is 4.32. The van der Waals surface area contributed by atoms with E-state index in [2.05, 4.69) is 12.0 Å². The second kappa shape index (κ2) is 5.20. The molecule has 0 N–H and O–H groups in total. The number of carbonyl (C=O) groups excluding carboxylic acids is 1. The highest BCUT2D eigenvalue weighted by Gasteiger charge is 2.42. The van der Waals surface area contributed by atoms with E-state index in [0.717, 1.165) is 63.2 Å². The Labute approximate surface area is 119 Å². The molecule has 0 radical (unpaired) electrons. The summed E-state index contributed by atoms with van der Waals surface area (Å²) in [5.41, 5.74) is 1.83. The van der Waals surface area contributed by atoms with Crippen molar-refractivity contribution in [2.75, 3.05) is 19.7 Å². The number of nitrogens with zero attached hydrogens (tertiary/aromatic N) is 3. The molecule has 0 unspecified atom stereocenters. The number of likely N-dealkylation sites (tertiary alicyclic amines) is 1. The van der Waals surface area contributed by atoms with E-state index in [-0.39, 0.29) is 11.5 Å². The first-order chi connectivity index (χ1) is 9.65. The Bertz CT molecular complexity index is 495. The number of carbonyl (C=O) groups is 1. The first-order valence-corrected chi connectivity index (χ1v) is 7.61. The van der Waals surface area contributed by atoms with Gasteiger partial charge in [-0.05, 0) is 32.6 Å². The summed E-state index contributed by atoms with van der Waals surface area (Å²) in [6.45, 7) is 7.46. The van der Waals surface area contributed by atoms with E-state index in [1.807, 2.05) is 16.5 Å². The van der Waals surface area contributed by atoms with E-state index in [4.69, 9.17) is 4.74 Å². The SMILES string of the molecule is CCCn1ncc(C(=O)N2CCC3(CCO3)CC2)c1C. The summed E-state index contributed by atoms with van der Waals surface area (Å²) in [7, 11) is 0. The maximum atomic E-state index is 12.6. The van der Waals surface area contributed by atoms with Crippen molar-refractivity contribution < 1.29 is 9.53 Å². The van der Waals surface area contributed by atoms with Gasteiger partial charge < -0.3 is 9.64 Å². The van der Waals surface area contributed by atoms with Crippen molar-refractivity contribution in [1.29, 1.82) is 0 Å². The second-order valence-electron chi connectivity index (χ2n) is 5.94. The zero-order valence-corrected chi connectivity index (χ0v) is 12.4. The molecule has 0 aliphatic carbocycles. The fourth-order valence-corrected chi connectivity index (χ4v) is 3.17. The van der Waals surface area contributed by atoms with Gasteiger partial charge in [0.2, 0.25) is 0 Å². The van der Waals surface area contributed by atoms with E-state index in [1.54, 1.807) is 6.20 Å². The standard InChI is InChI=1S/C15H23N3O2/c1-3-7-18-12(2)13(11-16-18)14(19)17-8-4-15(5-9-17)6-10-20-15/h11H,3-10H2,1-2H3. The van der Waals surface area contributed by atoms with Crippen LogP contribution in [0.15, 0.2) is 6.20 Å². The van der Waals surface area contributed by atoms with Gasteiger partial charge in [0.15, 0.2) is 0 Å². The molecule has 110 valence electrons. The summed E-state index contributed by atoms with van der Waals surface area (Å²) >= 11 is 0. The van der Waals surface area contributed by atoms with Crippen LogP contribution in [0.4, 0.5) is 0 Å². The van der Waals surface area contributed by atoms with Crippen LogP contribution in [-0.2, 0) is 11.3 Å². The van der Waals surface area contributed by atoms with E-state index < -0.39 is 0 Å².